The summed E-state index contributed by atoms with van der Waals surface area (Å²) >= 11 is 8.62. The van der Waals surface area contributed by atoms with Crippen LogP contribution in [0, 0.1) is 11.6 Å². The second kappa shape index (κ2) is 5.73. The fraction of sp³-hybridized carbons (Fsp3) is 0. The smallest absolute Gasteiger partial charge is 0.265 e. The van der Waals surface area contributed by atoms with Crippen LogP contribution in [-0.4, -0.2) is 18.0 Å². The van der Waals surface area contributed by atoms with Crippen LogP contribution in [0.1, 0.15) is 0 Å². The summed E-state index contributed by atoms with van der Waals surface area (Å²) in [5.74, 6) is -1.71. The topological polar surface area (TPSA) is 63.5 Å². The number of anilines is 1. The maximum Gasteiger partial charge on any atom is 0.265 e. The van der Waals surface area contributed by atoms with Gasteiger partial charge in [-0.3, -0.25) is 4.72 Å². The summed E-state index contributed by atoms with van der Waals surface area (Å²) in [4.78, 5) is -0.183. The molecule has 0 aliphatic rings. The minimum absolute atomic E-state index is 0.108. The zero-order valence-corrected chi connectivity index (χ0v) is 14.3. The Kier molecular flexibility index (Phi) is 4.03. The molecule has 2 heterocycles. The lowest BCUT2D eigenvalue weighted by atomic mass is 10.3. The molecule has 23 heavy (non-hydrogen) atoms. The van der Waals surface area contributed by atoms with E-state index >= 15 is 0 Å². The molecule has 0 radical (unpaired) electrons. The van der Waals surface area contributed by atoms with Crippen LogP contribution in [0.2, 0.25) is 5.02 Å². The number of halogens is 4. The Bertz CT molecular complexity index is 1020. The van der Waals surface area contributed by atoms with Gasteiger partial charge < -0.3 is 0 Å². The second-order valence-electron chi connectivity index (χ2n) is 4.54. The van der Waals surface area contributed by atoms with Gasteiger partial charge in [-0.2, -0.15) is 5.10 Å². The normalized spacial score (nSPS) is 11.8. The van der Waals surface area contributed by atoms with Crippen molar-refractivity contribution in [1.82, 2.24) is 9.61 Å². The molecular weight excluding hydrogens is 416 g/mol. The van der Waals surface area contributed by atoms with Crippen LogP contribution < -0.4 is 4.72 Å². The van der Waals surface area contributed by atoms with Gasteiger partial charge in [0.15, 0.2) is 0 Å². The van der Waals surface area contributed by atoms with Gasteiger partial charge in [-0.15, -0.1) is 0 Å². The molecule has 0 aliphatic carbocycles. The van der Waals surface area contributed by atoms with Crippen molar-refractivity contribution >= 4 is 48.8 Å². The number of benzene rings is 1. The van der Waals surface area contributed by atoms with E-state index in [0.29, 0.717) is 5.02 Å². The van der Waals surface area contributed by atoms with Gasteiger partial charge in [0, 0.05) is 12.3 Å². The van der Waals surface area contributed by atoms with Gasteiger partial charge in [0.05, 0.1) is 26.9 Å². The molecule has 0 bridgehead atoms. The van der Waals surface area contributed by atoms with E-state index in [1.807, 2.05) is 4.72 Å². The number of hydrogen-bond acceptors (Lipinski definition) is 3. The largest absolute Gasteiger partial charge is 0.276 e. The van der Waals surface area contributed by atoms with Crippen LogP contribution in [0.5, 0.6) is 0 Å². The Hall–Kier alpha value is -1.71. The van der Waals surface area contributed by atoms with Crippen LogP contribution in [-0.2, 0) is 10.0 Å². The third-order valence-corrected chi connectivity index (χ3v) is 5.20. The van der Waals surface area contributed by atoms with Gasteiger partial charge in [-0.05, 0) is 34.1 Å². The first-order valence-corrected chi connectivity index (χ1v) is 8.73. The maximum absolute atomic E-state index is 13.8. The number of rotatable bonds is 3. The molecule has 0 aliphatic heterocycles. The highest BCUT2D eigenvalue weighted by Gasteiger charge is 2.22. The van der Waals surface area contributed by atoms with E-state index in [1.54, 1.807) is 0 Å². The summed E-state index contributed by atoms with van der Waals surface area (Å²) in [6.07, 6.45) is 2.52. The average molecular weight is 423 g/mol. The molecule has 0 unspecified atom stereocenters. The minimum atomic E-state index is -4.16. The van der Waals surface area contributed by atoms with Gasteiger partial charge >= 0.3 is 0 Å². The molecule has 0 amide bonds. The first-order valence-electron chi connectivity index (χ1n) is 6.08. The number of aromatic nitrogens is 2. The Morgan fingerprint density at radius 1 is 1.22 bits per heavy atom. The lowest BCUT2D eigenvalue weighted by Crippen LogP contribution is -2.14. The van der Waals surface area contributed by atoms with E-state index in [9.17, 15) is 17.2 Å². The fourth-order valence-electron chi connectivity index (χ4n) is 1.94. The zero-order chi connectivity index (χ0) is 16.8. The van der Waals surface area contributed by atoms with E-state index in [1.165, 1.54) is 22.8 Å². The van der Waals surface area contributed by atoms with Crippen molar-refractivity contribution in [1.29, 1.82) is 0 Å². The van der Waals surface area contributed by atoms with Crippen molar-refractivity contribution in [2.24, 2.45) is 0 Å². The van der Waals surface area contributed by atoms with Gasteiger partial charge in [0.1, 0.15) is 16.5 Å². The molecule has 120 valence electrons. The monoisotopic (exact) mass is 421 g/mol. The van der Waals surface area contributed by atoms with Gasteiger partial charge in [-0.25, -0.2) is 21.7 Å². The van der Waals surface area contributed by atoms with Crippen LogP contribution in [0.3, 0.4) is 0 Å². The number of fused-ring (bicyclic) bond motifs is 1. The number of hydrogen-bond donors (Lipinski definition) is 1. The minimum Gasteiger partial charge on any atom is -0.276 e. The average Bonchev–Trinajstić information content (AvgIpc) is 2.88. The van der Waals surface area contributed by atoms with Crippen molar-refractivity contribution < 1.29 is 17.2 Å². The lowest BCUT2D eigenvalue weighted by Gasteiger charge is -2.09. The highest BCUT2D eigenvalue weighted by atomic mass is 79.9. The Morgan fingerprint density at radius 2 is 1.96 bits per heavy atom. The van der Waals surface area contributed by atoms with Crippen LogP contribution in [0.25, 0.3) is 5.52 Å². The highest BCUT2D eigenvalue weighted by molar-refractivity contribution is 9.10. The first-order chi connectivity index (χ1) is 10.8. The zero-order valence-electron chi connectivity index (χ0n) is 11.1. The van der Waals surface area contributed by atoms with Crippen molar-refractivity contribution in [3.8, 4) is 0 Å². The highest BCUT2D eigenvalue weighted by Crippen LogP contribution is 2.27. The molecule has 0 saturated carbocycles. The molecule has 10 heteroatoms. The standard InChI is InChI=1S/C13H7BrClF2N3O2S/c14-8-3-10(17)11(4-9(8)16)19-23(21,22)13-5-18-20-6-7(15)1-2-12(13)20/h1-6,19H. The van der Waals surface area contributed by atoms with Crippen molar-refractivity contribution in [2.75, 3.05) is 4.72 Å². The Labute approximate surface area is 143 Å². The molecule has 3 aromatic rings. The summed E-state index contributed by atoms with van der Waals surface area (Å²) in [5, 5.41) is 4.25. The third kappa shape index (κ3) is 3.04. The molecular formula is C13H7BrClF2N3O2S. The van der Waals surface area contributed by atoms with E-state index in [2.05, 4.69) is 21.0 Å². The van der Waals surface area contributed by atoms with E-state index in [4.69, 9.17) is 11.6 Å². The quantitative estimate of drug-likeness (QED) is 0.653. The Morgan fingerprint density at radius 3 is 2.70 bits per heavy atom. The summed E-state index contributed by atoms with van der Waals surface area (Å²) in [6, 6.07) is 4.54. The number of sulfonamides is 1. The first kappa shape index (κ1) is 16.2. The van der Waals surface area contributed by atoms with Crippen LogP contribution >= 0.6 is 27.5 Å². The predicted octanol–water partition coefficient (Wildman–Crippen LogP) is 3.83. The lowest BCUT2D eigenvalue weighted by molar-refractivity contribution is 0.592. The molecule has 0 atom stereocenters. The molecule has 2 aromatic heterocycles. The number of nitrogens with one attached hydrogen (secondary N) is 1. The summed E-state index contributed by atoms with van der Waals surface area (Å²) in [7, 11) is -4.16. The summed E-state index contributed by atoms with van der Waals surface area (Å²) < 4.78 is 55.3. The fourth-order valence-corrected chi connectivity index (χ4v) is 3.59. The van der Waals surface area contributed by atoms with Crippen LogP contribution in [0.15, 0.2) is 46.0 Å². The van der Waals surface area contributed by atoms with E-state index < -0.39 is 27.3 Å². The third-order valence-electron chi connectivity index (χ3n) is 2.99. The van der Waals surface area contributed by atoms with Crippen molar-refractivity contribution in [3.05, 3.63) is 57.8 Å². The molecule has 0 spiro atoms. The van der Waals surface area contributed by atoms with Gasteiger partial charge in [-0.1, -0.05) is 11.6 Å². The molecule has 1 N–H and O–H groups in total. The van der Waals surface area contributed by atoms with Crippen LogP contribution in [0.4, 0.5) is 14.5 Å². The number of nitrogens with zero attached hydrogens (tertiary/aromatic N) is 2. The van der Waals surface area contributed by atoms with Gasteiger partial charge in [0.25, 0.3) is 10.0 Å². The summed E-state index contributed by atoms with van der Waals surface area (Å²) in [6.45, 7) is 0. The van der Waals surface area contributed by atoms with Gasteiger partial charge in [0.2, 0.25) is 0 Å². The second-order valence-corrected chi connectivity index (χ2v) is 7.48. The maximum atomic E-state index is 13.8. The molecule has 3 rings (SSSR count). The van der Waals surface area contributed by atoms with Crippen molar-refractivity contribution in [3.63, 3.8) is 0 Å². The van der Waals surface area contributed by atoms with Crippen molar-refractivity contribution in [2.45, 2.75) is 4.90 Å². The molecule has 5 nitrogen and oxygen atoms in total. The number of pyridine rings is 1. The predicted molar refractivity (Wildman–Crippen MR) is 85.1 cm³/mol. The SMILES string of the molecule is O=S(=O)(Nc1cc(F)c(Br)cc1F)c1cnn2cc(Cl)ccc12. The molecule has 0 fully saturated rings. The molecule has 0 saturated heterocycles. The summed E-state index contributed by atoms with van der Waals surface area (Å²) in [5.41, 5.74) is -0.251. The molecule has 1 aromatic carbocycles. The van der Waals surface area contributed by atoms with E-state index in [-0.39, 0.29) is 14.9 Å². The van der Waals surface area contributed by atoms with E-state index in [0.717, 1.165) is 18.3 Å². The Balaban J connectivity index is 2.06.